The lowest BCUT2D eigenvalue weighted by molar-refractivity contribution is 1.01. The van der Waals surface area contributed by atoms with Crippen molar-refractivity contribution < 1.29 is 0 Å². The van der Waals surface area contributed by atoms with E-state index in [1.54, 1.807) is 0 Å². The number of hydrogen-bond acceptors (Lipinski definition) is 3. The average Bonchev–Trinajstić information content (AvgIpc) is 3.07. The molecule has 0 bridgehead atoms. The van der Waals surface area contributed by atoms with E-state index >= 15 is 0 Å². The van der Waals surface area contributed by atoms with Gasteiger partial charge in [0, 0.05) is 10.8 Å². The number of rotatable bonds is 1. The van der Waals surface area contributed by atoms with Crippen molar-refractivity contribution in [2.24, 2.45) is 0 Å². The lowest BCUT2D eigenvalue weighted by Crippen LogP contribution is -2.00. The van der Waals surface area contributed by atoms with E-state index in [2.05, 4.69) is 53.1 Å². The molecule has 0 amide bonds. The third kappa shape index (κ3) is 2.09. The molecule has 0 N–H and O–H groups in total. The number of para-hydroxylation sites is 4. The fourth-order valence-corrected chi connectivity index (χ4v) is 4.07. The van der Waals surface area contributed by atoms with E-state index in [9.17, 15) is 0 Å². The zero-order chi connectivity index (χ0) is 18.7. The van der Waals surface area contributed by atoms with E-state index < -0.39 is 0 Å². The van der Waals surface area contributed by atoms with Gasteiger partial charge in [0.2, 0.25) is 0 Å². The van der Waals surface area contributed by atoms with Crippen LogP contribution in [0.2, 0.25) is 0 Å². The number of nitrogens with zero attached hydrogens (tertiary/aromatic N) is 4. The molecule has 132 valence electrons. The minimum Gasteiger partial charge on any atom is -0.296 e. The van der Waals surface area contributed by atoms with E-state index in [1.165, 1.54) is 0 Å². The second-order valence-electron chi connectivity index (χ2n) is 7.00. The van der Waals surface area contributed by atoms with Crippen molar-refractivity contribution in [3.05, 3.63) is 84.7 Å². The number of aryl methyl sites for hydroxylation is 1. The topological polar surface area (TPSA) is 43.6 Å². The van der Waals surface area contributed by atoms with Crippen molar-refractivity contribution in [2.75, 3.05) is 0 Å². The maximum Gasteiger partial charge on any atom is 0.111 e. The van der Waals surface area contributed by atoms with Crippen molar-refractivity contribution in [3.63, 3.8) is 0 Å². The van der Waals surface area contributed by atoms with Crippen LogP contribution in [0.4, 0.5) is 0 Å². The summed E-state index contributed by atoms with van der Waals surface area (Å²) in [7, 11) is 0. The summed E-state index contributed by atoms with van der Waals surface area (Å²) in [6, 6.07) is 26.8. The van der Waals surface area contributed by atoms with Gasteiger partial charge in [0.1, 0.15) is 5.82 Å². The lowest BCUT2D eigenvalue weighted by Gasteiger charge is -2.13. The molecule has 0 spiro atoms. The van der Waals surface area contributed by atoms with Gasteiger partial charge in [-0.25, -0.2) is 15.0 Å². The number of benzene rings is 4. The Labute approximate surface area is 161 Å². The normalized spacial score (nSPS) is 11.8. The summed E-state index contributed by atoms with van der Waals surface area (Å²) < 4.78 is 2.22. The predicted octanol–water partition coefficient (Wildman–Crippen LogP) is 5.58. The molecule has 0 saturated carbocycles. The van der Waals surface area contributed by atoms with Gasteiger partial charge in [-0.3, -0.25) is 4.57 Å². The molecule has 0 radical (unpaired) electrons. The molecule has 2 aromatic heterocycles. The quantitative estimate of drug-likeness (QED) is 0.284. The van der Waals surface area contributed by atoms with Crippen LogP contribution in [0, 0.1) is 6.92 Å². The molecule has 2 heterocycles. The van der Waals surface area contributed by atoms with Gasteiger partial charge in [0.05, 0.1) is 38.8 Å². The van der Waals surface area contributed by atoms with Gasteiger partial charge in [-0.1, -0.05) is 48.5 Å². The molecule has 0 aliphatic carbocycles. The molecule has 4 nitrogen and oxygen atoms in total. The minimum absolute atomic E-state index is 0.893. The minimum atomic E-state index is 0.893. The van der Waals surface area contributed by atoms with E-state index in [1.807, 2.05) is 37.3 Å². The maximum absolute atomic E-state index is 4.93. The molecule has 0 aliphatic heterocycles. The molecule has 0 fully saturated rings. The highest BCUT2D eigenvalue weighted by molar-refractivity contribution is 6.10. The summed E-state index contributed by atoms with van der Waals surface area (Å²) in [5.74, 6) is 0.958. The monoisotopic (exact) mass is 360 g/mol. The Hall–Kier alpha value is -3.79. The molecule has 4 heteroatoms. The van der Waals surface area contributed by atoms with Crippen LogP contribution in [0.5, 0.6) is 0 Å². The Morgan fingerprint density at radius 2 is 1.25 bits per heavy atom. The van der Waals surface area contributed by atoms with Crippen molar-refractivity contribution in [3.8, 4) is 5.69 Å². The third-order valence-electron chi connectivity index (χ3n) is 5.30. The van der Waals surface area contributed by atoms with Crippen LogP contribution in [0.3, 0.4) is 0 Å². The first-order chi connectivity index (χ1) is 13.8. The summed E-state index contributed by atoms with van der Waals surface area (Å²) in [5, 5.41) is 2.25. The molecule has 6 rings (SSSR count). The molecular weight excluding hydrogens is 344 g/mol. The van der Waals surface area contributed by atoms with E-state index in [4.69, 9.17) is 15.0 Å². The van der Waals surface area contributed by atoms with Crippen LogP contribution in [0.1, 0.15) is 5.82 Å². The highest BCUT2D eigenvalue weighted by Crippen LogP contribution is 2.32. The van der Waals surface area contributed by atoms with Crippen molar-refractivity contribution in [1.29, 1.82) is 0 Å². The van der Waals surface area contributed by atoms with Crippen molar-refractivity contribution >= 4 is 43.9 Å². The summed E-state index contributed by atoms with van der Waals surface area (Å²) >= 11 is 0. The number of imidazole rings is 1. The number of hydrogen-bond donors (Lipinski definition) is 0. The van der Waals surface area contributed by atoms with Crippen molar-refractivity contribution in [2.45, 2.75) is 6.92 Å². The highest BCUT2D eigenvalue weighted by Gasteiger charge is 2.15. The van der Waals surface area contributed by atoms with Crippen LogP contribution in [-0.4, -0.2) is 19.5 Å². The second-order valence-corrected chi connectivity index (χ2v) is 7.00. The molecular formula is C24H16N4. The Balaban J connectivity index is 1.81. The molecule has 0 unspecified atom stereocenters. The number of fused-ring (bicyclic) bond motifs is 5. The van der Waals surface area contributed by atoms with Crippen molar-refractivity contribution in [1.82, 2.24) is 19.5 Å². The van der Waals surface area contributed by atoms with Gasteiger partial charge in [0.25, 0.3) is 0 Å². The van der Waals surface area contributed by atoms with Gasteiger partial charge in [-0.05, 0) is 37.3 Å². The van der Waals surface area contributed by atoms with Crippen LogP contribution < -0.4 is 0 Å². The van der Waals surface area contributed by atoms with E-state index in [0.29, 0.717) is 0 Å². The fraction of sp³-hybridized carbons (Fsp3) is 0.0417. The first-order valence-corrected chi connectivity index (χ1v) is 9.32. The molecule has 4 aromatic carbocycles. The first-order valence-electron chi connectivity index (χ1n) is 9.32. The highest BCUT2D eigenvalue weighted by atomic mass is 15.1. The summed E-state index contributed by atoms with van der Waals surface area (Å²) in [6.45, 7) is 2.05. The fourth-order valence-electron chi connectivity index (χ4n) is 4.07. The van der Waals surface area contributed by atoms with Gasteiger partial charge in [0.15, 0.2) is 0 Å². The summed E-state index contributed by atoms with van der Waals surface area (Å²) in [5.41, 5.74) is 6.82. The standard InChI is InChI=1S/C24H16N4/c1-15-25-20-12-6-7-13-22(20)28(15)23-14-21-24(17-9-3-2-8-16(17)23)27-19-11-5-4-10-18(19)26-21/h2-14H,1H3. The second kappa shape index (κ2) is 5.60. The van der Waals surface area contributed by atoms with Crippen LogP contribution >= 0.6 is 0 Å². The zero-order valence-corrected chi connectivity index (χ0v) is 15.3. The number of aromatic nitrogens is 4. The van der Waals surface area contributed by atoms with Gasteiger partial charge < -0.3 is 0 Å². The first kappa shape index (κ1) is 15.3. The average molecular weight is 360 g/mol. The molecule has 28 heavy (non-hydrogen) atoms. The van der Waals surface area contributed by atoms with Gasteiger partial charge in [-0.15, -0.1) is 0 Å². The molecule has 6 aromatic rings. The molecule has 0 saturated heterocycles. The molecule has 0 aliphatic rings. The zero-order valence-electron chi connectivity index (χ0n) is 15.3. The third-order valence-corrected chi connectivity index (χ3v) is 5.30. The van der Waals surface area contributed by atoms with Crippen LogP contribution in [0.25, 0.3) is 49.6 Å². The van der Waals surface area contributed by atoms with Gasteiger partial charge in [-0.2, -0.15) is 0 Å². The Morgan fingerprint density at radius 3 is 2.07 bits per heavy atom. The Bertz CT molecular complexity index is 1530. The Morgan fingerprint density at radius 1 is 0.607 bits per heavy atom. The van der Waals surface area contributed by atoms with E-state index in [-0.39, 0.29) is 0 Å². The summed E-state index contributed by atoms with van der Waals surface area (Å²) in [4.78, 5) is 14.6. The Kier molecular flexibility index (Phi) is 3.06. The largest absolute Gasteiger partial charge is 0.296 e. The SMILES string of the molecule is Cc1nc2ccccc2n1-c1cc2nc3ccccc3nc2c2ccccc12. The molecule has 0 atom stereocenters. The van der Waals surface area contributed by atoms with Crippen LogP contribution in [0.15, 0.2) is 78.9 Å². The smallest absolute Gasteiger partial charge is 0.111 e. The summed E-state index contributed by atoms with van der Waals surface area (Å²) in [6.07, 6.45) is 0. The lowest BCUT2D eigenvalue weighted by atomic mass is 10.1. The maximum atomic E-state index is 4.93. The van der Waals surface area contributed by atoms with Gasteiger partial charge >= 0.3 is 0 Å². The van der Waals surface area contributed by atoms with E-state index in [0.717, 1.165) is 55.4 Å². The van der Waals surface area contributed by atoms with Crippen LogP contribution in [-0.2, 0) is 0 Å². The predicted molar refractivity (Wildman–Crippen MR) is 114 cm³/mol.